The van der Waals surface area contributed by atoms with E-state index in [9.17, 15) is 13.7 Å². The van der Waals surface area contributed by atoms with E-state index in [4.69, 9.17) is 5.53 Å². The number of benzene rings is 2. The molecule has 7 heteroatoms. The van der Waals surface area contributed by atoms with Gasteiger partial charge in [-0.2, -0.15) is 5.26 Å². The van der Waals surface area contributed by atoms with E-state index >= 15 is 0 Å². The molecule has 0 fully saturated rings. The fraction of sp³-hybridized carbons (Fsp3) is 0.167. The van der Waals surface area contributed by atoms with Gasteiger partial charge in [0, 0.05) is 11.5 Å². The van der Waals surface area contributed by atoms with Crippen LogP contribution in [0.3, 0.4) is 0 Å². The van der Waals surface area contributed by atoms with Gasteiger partial charge in [0.15, 0.2) is 4.75 Å². The molecular weight excluding hydrogens is 336 g/mol. The van der Waals surface area contributed by atoms with Crippen molar-refractivity contribution in [2.45, 2.75) is 16.1 Å². The summed E-state index contributed by atoms with van der Waals surface area (Å²) in [5.41, 5.74) is 9.24. The van der Waals surface area contributed by atoms with Crippen molar-refractivity contribution < 1.29 is 8.42 Å². The number of hydrogen-bond acceptors (Lipinski definition) is 4. The standard InChI is InChI=1S/C18H16N4O2S/c19-15-18(13-14-21-22-20,12-11-16-7-3-1-4-8-16)25(23,24)17-9-5-2-6-10-17/h1-12H,13-14H2/b12-11+. The Hall–Kier alpha value is -3.07. The van der Waals surface area contributed by atoms with Gasteiger partial charge >= 0.3 is 0 Å². The summed E-state index contributed by atoms with van der Waals surface area (Å²) in [4.78, 5) is 2.69. The van der Waals surface area contributed by atoms with E-state index in [0.29, 0.717) is 0 Å². The molecule has 0 saturated carbocycles. The van der Waals surface area contributed by atoms with Crippen molar-refractivity contribution in [3.05, 3.63) is 82.7 Å². The summed E-state index contributed by atoms with van der Waals surface area (Å²) in [6, 6.07) is 18.8. The van der Waals surface area contributed by atoms with Crippen molar-refractivity contribution in [2.75, 3.05) is 6.54 Å². The largest absolute Gasteiger partial charge is 0.222 e. The maximum Gasteiger partial charge on any atom is 0.201 e. The van der Waals surface area contributed by atoms with E-state index in [1.54, 1.807) is 36.4 Å². The van der Waals surface area contributed by atoms with Gasteiger partial charge in [0.2, 0.25) is 9.84 Å². The third-order valence-electron chi connectivity index (χ3n) is 3.71. The van der Waals surface area contributed by atoms with Crippen molar-refractivity contribution in [2.24, 2.45) is 5.11 Å². The average molecular weight is 352 g/mol. The summed E-state index contributed by atoms with van der Waals surface area (Å²) in [7, 11) is -3.99. The smallest absolute Gasteiger partial charge is 0.201 e. The maximum absolute atomic E-state index is 13.1. The van der Waals surface area contributed by atoms with Crippen LogP contribution in [0.4, 0.5) is 0 Å². The summed E-state index contributed by atoms with van der Waals surface area (Å²) in [6.07, 6.45) is 2.84. The van der Waals surface area contributed by atoms with Gasteiger partial charge in [0.05, 0.1) is 11.0 Å². The molecule has 1 unspecified atom stereocenters. The Morgan fingerprint density at radius 3 is 2.28 bits per heavy atom. The SMILES string of the molecule is N#CC(/C=C/c1ccccc1)(CCN=[N+]=[N-])S(=O)(=O)c1ccccc1. The monoisotopic (exact) mass is 352 g/mol. The Bertz CT molecular complexity index is 928. The highest BCUT2D eigenvalue weighted by Gasteiger charge is 2.42. The number of sulfone groups is 1. The molecule has 6 nitrogen and oxygen atoms in total. The van der Waals surface area contributed by atoms with Gasteiger partial charge in [-0.1, -0.05) is 59.7 Å². The molecular formula is C18H16N4O2S. The van der Waals surface area contributed by atoms with Crippen LogP contribution in [0.1, 0.15) is 12.0 Å². The number of hydrogen-bond donors (Lipinski definition) is 0. The molecule has 126 valence electrons. The normalized spacial score (nSPS) is 13.6. The van der Waals surface area contributed by atoms with Crippen molar-refractivity contribution in [1.82, 2.24) is 0 Å². The van der Waals surface area contributed by atoms with E-state index in [1.807, 2.05) is 24.3 Å². The fourth-order valence-electron chi connectivity index (χ4n) is 2.33. The number of nitrogens with zero attached hydrogens (tertiary/aromatic N) is 4. The third-order valence-corrected chi connectivity index (χ3v) is 6.00. The zero-order valence-corrected chi connectivity index (χ0v) is 14.2. The first kappa shape index (κ1) is 18.3. The third kappa shape index (κ3) is 4.07. The Morgan fingerprint density at radius 2 is 1.72 bits per heavy atom. The van der Waals surface area contributed by atoms with Gasteiger partial charge in [-0.3, -0.25) is 0 Å². The summed E-state index contributed by atoms with van der Waals surface area (Å²) < 4.78 is 24.4. The van der Waals surface area contributed by atoms with Crippen LogP contribution in [-0.2, 0) is 9.84 Å². The topological polar surface area (TPSA) is 107 Å². The lowest BCUT2D eigenvalue weighted by molar-refractivity contribution is 0.568. The zero-order valence-electron chi connectivity index (χ0n) is 13.4. The Labute approximate surface area is 146 Å². The minimum absolute atomic E-state index is 0.0511. The molecule has 0 amide bonds. The van der Waals surface area contributed by atoms with Crippen LogP contribution in [0.2, 0.25) is 0 Å². The van der Waals surface area contributed by atoms with E-state index in [0.717, 1.165) is 5.56 Å². The van der Waals surface area contributed by atoms with Crippen molar-refractivity contribution in [3.8, 4) is 6.07 Å². The van der Waals surface area contributed by atoms with E-state index in [-0.39, 0.29) is 17.9 Å². The molecule has 0 spiro atoms. The molecule has 0 radical (unpaired) electrons. The first-order valence-electron chi connectivity index (χ1n) is 7.52. The highest BCUT2D eigenvalue weighted by Crippen LogP contribution is 2.31. The van der Waals surface area contributed by atoms with Crippen molar-refractivity contribution in [3.63, 3.8) is 0 Å². The molecule has 0 aliphatic heterocycles. The van der Waals surface area contributed by atoms with Crippen LogP contribution in [0.5, 0.6) is 0 Å². The number of rotatable bonds is 7. The second-order valence-corrected chi connectivity index (χ2v) is 7.47. The minimum atomic E-state index is -3.99. The quantitative estimate of drug-likeness (QED) is 0.424. The first-order valence-corrected chi connectivity index (χ1v) is 9.00. The predicted molar refractivity (Wildman–Crippen MR) is 96.1 cm³/mol. The van der Waals surface area contributed by atoms with E-state index in [2.05, 4.69) is 10.0 Å². The lowest BCUT2D eigenvalue weighted by Crippen LogP contribution is -2.36. The number of azide groups is 1. The van der Waals surface area contributed by atoms with Crippen LogP contribution in [-0.4, -0.2) is 19.7 Å². The molecule has 2 rings (SSSR count). The highest BCUT2D eigenvalue weighted by atomic mass is 32.2. The molecule has 25 heavy (non-hydrogen) atoms. The second-order valence-electron chi connectivity index (χ2n) is 5.27. The molecule has 0 aliphatic carbocycles. The number of nitriles is 1. The van der Waals surface area contributed by atoms with Crippen molar-refractivity contribution in [1.29, 1.82) is 5.26 Å². The fourth-order valence-corrected chi connectivity index (χ4v) is 3.99. The molecule has 0 saturated heterocycles. The van der Waals surface area contributed by atoms with Crippen LogP contribution < -0.4 is 0 Å². The lowest BCUT2D eigenvalue weighted by atomic mass is 10.0. The molecule has 0 aromatic heterocycles. The van der Waals surface area contributed by atoms with Gasteiger partial charge in [-0.15, -0.1) is 0 Å². The lowest BCUT2D eigenvalue weighted by Gasteiger charge is -2.22. The summed E-state index contributed by atoms with van der Waals surface area (Å²) in [5, 5.41) is 13.1. The molecule has 1 atom stereocenters. The van der Waals surface area contributed by atoms with Gasteiger partial charge in [0.25, 0.3) is 0 Å². The second kappa shape index (κ2) is 8.15. The van der Waals surface area contributed by atoms with Gasteiger partial charge in [0.1, 0.15) is 0 Å². The molecule has 2 aromatic rings. The van der Waals surface area contributed by atoms with Gasteiger partial charge < -0.3 is 0 Å². The Balaban J connectivity index is 2.53. The minimum Gasteiger partial charge on any atom is -0.222 e. The van der Waals surface area contributed by atoms with Gasteiger partial charge in [-0.05, 0) is 35.7 Å². The first-order chi connectivity index (χ1) is 12.1. The zero-order chi connectivity index (χ0) is 18.2. The van der Waals surface area contributed by atoms with Crippen LogP contribution >= 0.6 is 0 Å². The molecule has 0 aliphatic rings. The van der Waals surface area contributed by atoms with Crippen LogP contribution in [0.25, 0.3) is 16.5 Å². The summed E-state index contributed by atoms with van der Waals surface area (Å²) in [5.74, 6) is 0. The van der Waals surface area contributed by atoms with Crippen LogP contribution in [0, 0.1) is 11.3 Å². The molecule has 0 N–H and O–H groups in total. The summed E-state index contributed by atoms with van der Waals surface area (Å²) >= 11 is 0. The predicted octanol–water partition coefficient (Wildman–Crippen LogP) is 4.14. The van der Waals surface area contributed by atoms with E-state index in [1.165, 1.54) is 18.2 Å². The van der Waals surface area contributed by atoms with Gasteiger partial charge in [-0.25, -0.2) is 8.42 Å². The Kier molecular flexibility index (Phi) is 5.96. The van der Waals surface area contributed by atoms with E-state index < -0.39 is 14.6 Å². The molecule has 0 bridgehead atoms. The van der Waals surface area contributed by atoms with Crippen LogP contribution in [0.15, 0.2) is 76.7 Å². The molecule has 0 heterocycles. The highest BCUT2D eigenvalue weighted by molar-refractivity contribution is 7.93. The average Bonchev–Trinajstić information content (AvgIpc) is 2.66. The Morgan fingerprint density at radius 1 is 1.12 bits per heavy atom. The van der Waals surface area contributed by atoms with Crippen molar-refractivity contribution >= 4 is 15.9 Å². The molecule has 2 aromatic carbocycles. The maximum atomic E-state index is 13.1. The summed E-state index contributed by atoms with van der Waals surface area (Å²) in [6.45, 7) is -0.102.